The fourth-order valence-electron chi connectivity index (χ4n) is 6.88. The minimum absolute atomic E-state index is 0.0894. The zero-order valence-electron chi connectivity index (χ0n) is 22.8. The summed E-state index contributed by atoms with van der Waals surface area (Å²) in [4.78, 5) is 38.1. The highest BCUT2D eigenvalue weighted by atomic mass is 16.3. The van der Waals surface area contributed by atoms with Crippen LogP contribution < -0.4 is 5.73 Å². The summed E-state index contributed by atoms with van der Waals surface area (Å²) in [6.07, 6.45) is 2.93. The van der Waals surface area contributed by atoms with E-state index in [0.717, 1.165) is 30.4 Å². The molecule has 0 radical (unpaired) electrons. The molecule has 0 spiro atoms. The lowest BCUT2D eigenvalue weighted by atomic mass is 9.59. The number of hydrogen-bond acceptors (Lipinski definition) is 7. The van der Waals surface area contributed by atoms with Gasteiger partial charge in [-0.1, -0.05) is 60.7 Å². The number of fused-ring (bicyclic) bond motifs is 3. The summed E-state index contributed by atoms with van der Waals surface area (Å²) in [5, 5.41) is 44.3. The highest BCUT2D eigenvalue weighted by Gasteiger charge is 2.60. The van der Waals surface area contributed by atoms with Crippen molar-refractivity contribution in [3.8, 4) is 16.9 Å². The second kappa shape index (κ2) is 10.3. The molecule has 3 unspecified atom stereocenters. The minimum Gasteiger partial charge on any atom is -0.508 e. The lowest BCUT2D eigenvalue weighted by molar-refractivity contribution is -0.147. The average Bonchev–Trinajstić information content (AvgIpc) is 2.96. The molecule has 8 heteroatoms. The van der Waals surface area contributed by atoms with Gasteiger partial charge in [-0.15, -0.1) is 0 Å². The molecular weight excluding hydrogens is 534 g/mol. The van der Waals surface area contributed by atoms with E-state index in [4.69, 9.17) is 5.73 Å². The van der Waals surface area contributed by atoms with Gasteiger partial charge in [-0.3, -0.25) is 14.4 Å². The molecule has 0 saturated heterocycles. The van der Waals surface area contributed by atoms with Gasteiger partial charge < -0.3 is 26.2 Å². The Balaban J connectivity index is 1.33. The van der Waals surface area contributed by atoms with Gasteiger partial charge in [0, 0.05) is 17.9 Å². The van der Waals surface area contributed by atoms with Crippen LogP contribution in [0, 0.1) is 11.8 Å². The van der Waals surface area contributed by atoms with Crippen molar-refractivity contribution < 1.29 is 34.8 Å². The Hall–Kier alpha value is -4.69. The molecule has 1 amide bonds. The second-order valence-corrected chi connectivity index (χ2v) is 11.4. The van der Waals surface area contributed by atoms with E-state index >= 15 is 0 Å². The topological polar surface area (TPSA) is 158 Å². The van der Waals surface area contributed by atoms with Gasteiger partial charge in [-0.05, 0) is 71.9 Å². The third-order valence-corrected chi connectivity index (χ3v) is 8.99. The first kappa shape index (κ1) is 27.5. The van der Waals surface area contributed by atoms with Crippen LogP contribution in [0.25, 0.3) is 16.9 Å². The first-order chi connectivity index (χ1) is 20.1. The van der Waals surface area contributed by atoms with E-state index in [-0.39, 0.29) is 36.1 Å². The minimum atomic E-state index is -2.57. The van der Waals surface area contributed by atoms with Crippen LogP contribution >= 0.6 is 0 Å². The van der Waals surface area contributed by atoms with E-state index < -0.39 is 52.0 Å². The van der Waals surface area contributed by atoms with Crippen molar-refractivity contribution in [2.24, 2.45) is 17.6 Å². The van der Waals surface area contributed by atoms with Crippen molar-refractivity contribution in [2.75, 3.05) is 0 Å². The Morgan fingerprint density at radius 2 is 1.55 bits per heavy atom. The molecule has 1 saturated carbocycles. The number of hydrogen-bond donors (Lipinski definition) is 5. The van der Waals surface area contributed by atoms with E-state index in [1.54, 1.807) is 6.07 Å². The van der Waals surface area contributed by atoms with Crippen molar-refractivity contribution in [2.45, 2.75) is 44.1 Å². The van der Waals surface area contributed by atoms with Gasteiger partial charge in [0.15, 0.2) is 11.4 Å². The number of aryl methyl sites for hydroxylation is 2. The van der Waals surface area contributed by atoms with Crippen molar-refractivity contribution in [3.63, 3.8) is 0 Å². The zero-order valence-corrected chi connectivity index (χ0v) is 22.8. The average molecular weight is 566 g/mol. The van der Waals surface area contributed by atoms with E-state index in [1.165, 1.54) is 17.2 Å². The highest BCUT2D eigenvalue weighted by Crippen LogP contribution is 2.53. The largest absolute Gasteiger partial charge is 0.508 e. The van der Waals surface area contributed by atoms with Gasteiger partial charge in [0.25, 0.3) is 5.91 Å². The van der Waals surface area contributed by atoms with E-state index in [1.807, 2.05) is 30.3 Å². The number of carbonyl (C=O) groups is 3. The normalized spacial score (nSPS) is 23.4. The molecule has 6 rings (SSSR count). The summed E-state index contributed by atoms with van der Waals surface area (Å²) in [7, 11) is 0. The number of benzene rings is 3. The number of aliphatic hydroxyl groups is 3. The maximum Gasteiger partial charge on any atom is 0.255 e. The fraction of sp³-hybridized carbons (Fsp3) is 0.265. The molecule has 214 valence electrons. The summed E-state index contributed by atoms with van der Waals surface area (Å²) >= 11 is 0. The fourth-order valence-corrected chi connectivity index (χ4v) is 6.88. The Bertz CT molecular complexity index is 1690. The van der Waals surface area contributed by atoms with Crippen LogP contribution in [-0.4, -0.2) is 43.5 Å². The highest BCUT2D eigenvalue weighted by molar-refractivity contribution is 6.22. The van der Waals surface area contributed by atoms with Crippen LogP contribution in [0.5, 0.6) is 5.75 Å². The van der Waals surface area contributed by atoms with Gasteiger partial charge in [0.2, 0.25) is 5.78 Å². The Labute approximate surface area is 242 Å². The number of carbonyl (C=O) groups excluding carboxylic acids is 3. The molecule has 0 aliphatic heterocycles. The Kier molecular flexibility index (Phi) is 6.74. The molecule has 42 heavy (non-hydrogen) atoms. The van der Waals surface area contributed by atoms with Crippen LogP contribution in [0.4, 0.5) is 0 Å². The molecule has 1 fully saturated rings. The van der Waals surface area contributed by atoms with Gasteiger partial charge >= 0.3 is 0 Å². The van der Waals surface area contributed by atoms with Crippen LogP contribution in [0.15, 0.2) is 83.6 Å². The van der Waals surface area contributed by atoms with Gasteiger partial charge in [-0.2, -0.15) is 0 Å². The standard InChI is InChI=1S/C34H31NO7/c35-33(41)29-26(37)17-22-15-21-16-24-23(20-11-9-19(10-12-20)8-4-7-18-5-2-1-3-6-18)13-14-25(36)28(24)30(38)27(21)31(39)34(22,42)32(29)40/h1-3,5-6,9-14,21-22,36,38,40,42H,4,7-8,15-17H2,(H2,35,41). The summed E-state index contributed by atoms with van der Waals surface area (Å²) in [6, 6.07) is 21.7. The molecule has 8 nitrogen and oxygen atoms in total. The monoisotopic (exact) mass is 565 g/mol. The predicted molar refractivity (Wildman–Crippen MR) is 155 cm³/mol. The zero-order chi connectivity index (χ0) is 29.8. The maximum atomic E-state index is 13.7. The summed E-state index contributed by atoms with van der Waals surface area (Å²) < 4.78 is 0. The lowest BCUT2D eigenvalue weighted by Crippen LogP contribution is -2.58. The van der Waals surface area contributed by atoms with Crippen molar-refractivity contribution >= 4 is 23.2 Å². The molecule has 0 aromatic heterocycles. The molecule has 3 aromatic carbocycles. The summed E-state index contributed by atoms with van der Waals surface area (Å²) in [5.41, 5.74) is 6.63. The number of ketones is 2. The molecular formula is C34H31NO7. The maximum absolute atomic E-state index is 13.7. The van der Waals surface area contributed by atoms with Crippen molar-refractivity contribution in [1.29, 1.82) is 0 Å². The molecule has 0 bridgehead atoms. The number of nitrogens with two attached hydrogens (primary N) is 1. The molecule has 3 aliphatic rings. The van der Waals surface area contributed by atoms with Gasteiger partial charge in [0.1, 0.15) is 22.8 Å². The number of aliphatic hydroxyl groups excluding tert-OH is 2. The molecule has 0 heterocycles. The summed E-state index contributed by atoms with van der Waals surface area (Å²) in [5.74, 6) is -6.35. The SMILES string of the molecule is NC(=O)C1=C(O)C2(O)C(=O)C3=C(O)c4c(O)ccc(-c5ccc(CCCc6ccccc6)cc5)c4CC3CC2CC1=O. The smallest absolute Gasteiger partial charge is 0.255 e. The van der Waals surface area contributed by atoms with Crippen molar-refractivity contribution in [3.05, 3.63) is 106 Å². The predicted octanol–water partition coefficient (Wildman–Crippen LogP) is 4.27. The lowest BCUT2D eigenvalue weighted by Gasteiger charge is -2.46. The van der Waals surface area contributed by atoms with Crippen molar-refractivity contribution in [1.82, 2.24) is 0 Å². The second-order valence-electron chi connectivity index (χ2n) is 11.4. The van der Waals surface area contributed by atoms with Gasteiger partial charge in [-0.25, -0.2) is 0 Å². The van der Waals surface area contributed by atoms with Crippen LogP contribution in [-0.2, 0) is 33.6 Å². The number of Topliss-reactive ketones (excluding diaryl/α,β-unsaturated/α-hetero) is 2. The molecule has 3 atom stereocenters. The quantitative estimate of drug-likeness (QED) is 0.279. The third-order valence-electron chi connectivity index (χ3n) is 8.99. The number of phenolic OH excluding ortho intramolecular Hbond substituents is 1. The summed E-state index contributed by atoms with van der Waals surface area (Å²) in [6.45, 7) is 0. The number of rotatable bonds is 6. The third kappa shape index (κ3) is 4.30. The van der Waals surface area contributed by atoms with E-state index in [0.29, 0.717) is 5.56 Å². The first-order valence-corrected chi connectivity index (χ1v) is 14.1. The Morgan fingerprint density at radius 3 is 2.21 bits per heavy atom. The van der Waals surface area contributed by atoms with E-state index in [9.17, 15) is 34.8 Å². The Morgan fingerprint density at radius 1 is 0.881 bits per heavy atom. The number of primary amides is 1. The van der Waals surface area contributed by atoms with Crippen LogP contribution in [0.3, 0.4) is 0 Å². The van der Waals surface area contributed by atoms with Gasteiger partial charge in [0.05, 0.1) is 5.56 Å². The van der Waals surface area contributed by atoms with E-state index in [2.05, 4.69) is 24.3 Å². The number of amides is 1. The first-order valence-electron chi connectivity index (χ1n) is 14.1. The van der Waals surface area contributed by atoms with Crippen LogP contribution in [0.2, 0.25) is 0 Å². The van der Waals surface area contributed by atoms with Crippen LogP contribution in [0.1, 0.15) is 41.5 Å². The molecule has 6 N–H and O–H groups in total. The number of phenols is 1. The molecule has 3 aliphatic carbocycles. The number of aromatic hydroxyl groups is 1. The molecule has 3 aromatic rings.